The molecular weight excluding hydrogens is 302 g/mol. The molecular formula is C19H27N3O2. The van der Waals surface area contributed by atoms with Gasteiger partial charge in [-0.05, 0) is 24.6 Å². The SMILES string of the molecule is Cc1cc(CN(CCO)CCN2CCOCC2)c2ccccc2n1. The van der Waals surface area contributed by atoms with Crippen molar-refractivity contribution in [2.75, 3.05) is 52.5 Å². The molecule has 5 nitrogen and oxygen atoms in total. The zero-order chi connectivity index (χ0) is 16.8. The highest BCUT2D eigenvalue weighted by atomic mass is 16.5. The van der Waals surface area contributed by atoms with Gasteiger partial charge in [-0.1, -0.05) is 18.2 Å². The van der Waals surface area contributed by atoms with E-state index in [0.717, 1.165) is 57.1 Å². The molecule has 0 saturated carbocycles. The van der Waals surface area contributed by atoms with Crippen molar-refractivity contribution in [1.82, 2.24) is 14.8 Å². The maximum Gasteiger partial charge on any atom is 0.0708 e. The van der Waals surface area contributed by atoms with Crippen LogP contribution in [0.15, 0.2) is 30.3 Å². The lowest BCUT2D eigenvalue weighted by Crippen LogP contribution is -2.41. The predicted octanol–water partition coefficient (Wildman–Crippen LogP) is 1.67. The summed E-state index contributed by atoms with van der Waals surface area (Å²) in [6.07, 6.45) is 0. The first-order valence-corrected chi connectivity index (χ1v) is 8.75. The molecule has 0 unspecified atom stereocenters. The molecule has 0 amide bonds. The van der Waals surface area contributed by atoms with Crippen LogP contribution in [0.5, 0.6) is 0 Å². The van der Waals surface area contributed by atoms with Crippen molar-refractivity contribution in [3.05, 3.63) is 41.6 Å². The molecule has 1 N–H and O–H groups in total. The number of morpholine rings is 1. The van der Waals surface area contributed by atoms with Crippen molar-refractivity contribution in [2.24, 2.45) is 0 Å². The molecule has 1 aliphatic rings. The number of para-hydroxylation sites is 1. The van der Waals surface area contributed by atoms with E-state index in [1.165, 1.54) is 10.9 Å². The number of pyridine rings is 1. The van der Waals surface area contributed by atoms with Gasteiger partial charge in [0.2, 0.25) is 0 Å². The number of aliphatic hydroxyl groups is 1. The Morgan fingerprint density at radius 1 is 1.21 bits per heavy atom. The molecule has 2 aromatic rings. The minimum absolute atomic E-state index is 0.186. The Kier molecular flexibility index (Phi) is 6.15. The number of nitrogens with zero attached hydrogens (tertiary/aromatic N) is 3. The minimum atomic E-state index is 0.186. The van der Waals surface area contributed by atoms with Gasteiger partial charge in [0.25, 0.3) is 0 Å². The van der Waals surface area contributed by atoms with Crippen molar-refractivity contribution >= 4 is 10.9 Å². The molecule has 1 aromatic heterocycles. The van der Waals surface area contributed by atoms with Crippen LogP contribution in [0.4, 0.5) is 0 Å². The maximum atomic E-state index is 9.43. The number of aliphatic hydroxyl groups excluding tert-OH is 1. The molecule has 3 rings (SSSR count). The van der Waals surface area contributed by atoms with Gasteiger partial charge in [0.1, 0.15) is 0 Å². The van der Waals surface area contributed by atoms with Crippen LogP contribution in [0.3, 0.4) is 0 Å². The molecule has 0 spiro atoms. The fourth-order valence-corrected chi connectivity index (χ4v) is 3.29. The molecule has 0 atom stereocenters. The number of aromatic nitrogens is 1. The van der Waals surface area contributed by atoms with Gasteiger partial charge in [-0.25, -0.2) is 0 Å². The van der Waals surface area contributed by atoms with E-state index in [0.29, 0.717) is 6.54 Å². The summed E-state index contributed by atoms with van der Waals surface area (Å²) in [5.41, 5.74) is 3.37. The minimum Gasteiger partial charge on any atom is -0.395 e. The van der Waals surface area contributed by atoms with Gasteiger partial charge in [0, 0.05) is 50.3 Å². The van der Waals surface area contributed by atoms with E-state index < -0.39 is 0 Å². The lowest BCUT2D eigenvalue weighted by Gasteiger charge is -2.30. The van der Waals surface area contributed by atoms with Crippen LogP contribution in [0.1, 0.15) is 11.3 Å². The Morgan fingerprint density at radius 2 is 2.00 bits per heavy atom. The monoisotopic (exact) mass is 329 g/mol. The van der Waals surface area contributed by atoms with Crippen LogP contribution in [-0.4, -0.2) is 72.4 Å². The number of rotatable bonds is 7. The molecule has 0 radical (unpaired) electrons. The lowest BCUT2D eigenvalue weighted by atomic mass is 10.1. The first-order chi connectivity index (χ1) is 11.8. The van der Waals surface area contributed by atoms with Gasteiger partial charge in [0.15, 0.2) is 0 Å². The van der Waals surface area contributed by atoms with Crippen molar-refractivity contribution in [2.45, 2.75) is 13.5 Å². The highest BCUT2D eigenvalue weighted by Crippen LogP contribution is 2.19. The summed E-state index contributed by atoms with van der Waals surface area (Å²) in [6.45, 7) is 9.40. The number of hydrogen-bond acceptors (Lipinski definition) is 5. The lowest BCUT2D eigenvalue weighted by molar-refractivity contribution is 0.0320. The third-order valence-electron chi connectivity index (χ3n) is 4.58. The fraction of sp³-hybridized carbons (Fsp3) is 0.526. The fourth-order valence-electron chi connectivity index (χ4n) is 3.29. The molecule has 24 heavy (non-hydrogen) atoms. The highest BCUT2D eigenvalue weighted by Gasteiger charge is 2.14. The second-order valence-corrected chi connectivity index (χ2v) is 6.39. The van der Waals surface area contributed by atoms with Crippen molar-refractivity contribution in [1.29, 1.82) is 0 Å². The standard InChI is InChI=1S/C19H27N3O2/c1-16-14-17(18-4-2-3-5-19(18)20-16)15-22(8-11-23)7-6-21-9-12-24-13-10-21/h2-5,14,23H,6-13,15H2,1H3. The Bertz CT molecular complexity index is 656. The summed E-state index contributed by atoms with van der Waals surface area (Å²) in [6, 6.07) is 10.5. The van der Waals surface area contributed by atoms with E-state index in [1.54, 1.807) is 0 Å². The van der Waals surface area contributed by atoms with E-state index in [2.05, 4.69) is 39.0 Å². The molecule has 1 aliphatic heterocycles. The zero-order valence-electron chi connectivity index (χ0n) is 14.4. The number of fused-ring (bicyclic) bond motifs is 1. The molecule has 2 heterocycles. The third kappa shape index (κ3) is 4.51. The molecule has 1 saturated heterocycles. The predicted molar refractivity (Wildman–Crippen MR) is 96.1 cm³/mol. The van der Waals surface area contributed by atoms with Crippen LogP contribution >= 0.6 is 0 Å². The maximum absolute atomic E-state index is 9.43. The average Bonchev–Trinajstić information content (AvgIpc) is 2.60. The van der Waals surface area contributed by atoms with Gasteiger partial charge < -0.3 is 9.84 Å². The van der Waals surface area contributed by atoms with Gasteiger partial charge in [-0.15, -0.1) is 0 Å². The van der Waals surface area contributed by atoms with Crippen LogP contribution in [0, 0.1) is 6.92 Å². The Morgan fingerprint density at radius 3 is 2.79 bits per heavy atom. The summed E-state index contributed by atoms with van der Waals surface area (Å²) in [4.78, 5) is 9.38. The van der Waals surface area contributed by atoms with E-state index >= 15 is 0 Å². The molecule has 1 aromatic carbocycles. The highest BCUT2D eigenvalue weighted by molar-refractivity contribution is 5.82. The summed E-state index contributed by atoms with van der Waals surface area (Å²) in [5.74, 6) is 0. The summed E-state index contributed by atoms with van der Waals surface area (Å²) in [7, 11) is 0. The molecule has 5 heteroatoms. The molecule has 0 aliphatic carbocycles. The van der Waals surface area contributed by atoms with E-state index in [1.807, 2.05) is 13.0 Å². The topological polar surface area (TPSA) is 48.8 Å². The van der Waals surface area contributed by atoms with E-state index in [-0.39, 0.29) is 6.61 Å². The third-order valence-corrected chi connectivity index (χ3v) is 4.58. The summed E-state index contributed by atoms with van der Waals surface area (Å²) >= 11 is 0. The van der Waals surface area contributed by atoms with Crippen molar-refractivity contribution < 1.29 is 9.84 Å². The van der Waals surface area contributed by atoms with Gasteiger partial charge in [0.05, 0.1) is 25.3 Å². The summed E-state index contributed by atoms with van der Waals surface area (Å²) < 4.78 is 5.41. The van der Waals surface area contributed by atoms with E-state index in [4.69, 9.17) is 4.74 Å². The number of aryl methyl sites for hydroxylation is 1. The van der Waals surface area contributed by atoms with Crippen molar-refractivity contribution in [3.63, 3.8) is 0 Å². The second kappa shape index (κ2) is 8.53. The Hall–Kier alpha value is -1.53. The normalized spacial score (nSPS) is 16.1. The second-order valence-electron chi connectivity index (χ2n) is 6.39. The largest absolute Gasteiger partial charge is 0.395 e. The Balaban J connectivity index is 1.70. The first kappa shape index (κ1) is 17.3. The summed E-state index contributed by atoms with van der Waals surface area (Å²) in [5, 5.41) is 10.6. The zero-order valence-corrected chi connectivity index (χ0v) is 14.4. The first-order valence-electron chi connectivity index (χ1n) is 8.75. The molecule has 0 bridgehead atoms. The number of hydrogen-bond donors (Lipinski definition) is 1. The number of ether oxygens (including phenoxy) is 1. The van der Waals surface area contributed by atoms with Crippen LogP contribution in [0.25, 0.3) is 10.9 Å². The van der Waals surface area contributed by atoms with Gasteiger partial charge >= 0.3 is 0 Å². The van der Waals surface area contributed by atoms with Crippen LogP contribution in [0.2, 0.25) is 0 Å². The number of benzene rings is 1. The van der Waals surface area contributed by atoms with Gasteiger partial charge in [-0.2, -0.15) is 0 Å². The smallest absolute Gasteiger partial charge is 0.0708 e. The van der Waals surface area contributed by atoms with Gasteiger partial charge in [-0.3, -0.25) is 14.8 Å². The quantitative estimate of drug-likeness (QED) is 0.837. The average molecular weight is 329 g/mol. The van der Waals surface area contributed by atoms with Crippen molar-refractivity contribution in [3.8, 4) is 0 Å². The van der Waals surface area contributed by atoms with E-state index in [9.17, 15) is 5.11 Å². The van der Waals surface area contributed by atoms with Crippen LogP contribution in [-0.2, 0) is 11.3 Å². The molecule has 130 valence electrons. The van der Waals surface area contributed by atoms with Crippen LogP contribution < -0.4 is 0 Å². The Labute approximate surface area is 143 Å². The molecule has 1 fully saturated rings.